The van der Waals surface area contributed by atoms with E-state index in [2.05, 4.69) is 157 Å². The summed E-state index contributed by atoms with van der Waals surface area (Å²) in [5.41, 5.74) is 8.24. The standard InChI is InChI=1S/C38H28N2/c1-27-23-24-36(39-26-27)40(31-17-6-3-7-18-31)38-34-21-10-8-19-32(34)37(33-20-9-11-22-35(33)38)30-16-12-15-29(25-30)28-13-4-2-5-14-28/h2-26H,1H3. The fraction of sp³-hybridized carbons (Fsp3) is 0.0263. The van der Waals surface area contributed by atoms with Crippen LogP contribution in [0.5, 0.6) is 0 Å². The fourth-order valence-corrected chi connectivity index (χ4v) is 5.69. The summed E-state index contributed by atoms with van der Waals surface area (Å²) in [5.74, 6) is 0.894. The van der Waals surface area contributed by atoms with Gasteiger partial charge in [-0.15, -0.1) is 0 Å². The summed E-state index contributed by atoms with van der Waals surface area (Å²) < 4.78 is 0. The molecule has 0 radical (unpaired) electrons. The first-order valence-corrected chi connectivity index (χ1v) is 13.6. The molecule has 0 unspecified atom stereocenters. The van der Waals surface area contributed by atoms with Crippen molar-refractivity contribution in [2.75, 3.05) is 4.90 Å². The minimum atomic E-state index is 0.894. The van der Waals surface area contributed by atoms with Gasteiger partial charge < -0.3 is 0 Å². The van der Waals surface area contributed by atoms with Crippen LogP contribution in [-0.4, -0.2) is 4.98 Å². The van der Waals surface area contributed by atoms with Crippen LogP contribution in [0, 0.1) is 6.92 Å². The zero-order valence-electron chi connectivity index (χ0n) is 22.3. The normalized spacial score (nSPS) is 11.1. The van der Waals surface area contributed by atoms with Crippen molar-refractivity contribution in [2.24, 2.45) is 0 Å². The van der Waals surface area contributed by atoms with Crippen LogP contribution in [-0.2, 0) is 0 Å². The number of rotatable bonds is 5. The van der Waals surface area contributed by atoms with Gasteiger partial charge in [-0.3, -0.25) is 4.90 Å². The first kappa shape index (κ1) is 23.9. The van der Waals surface area contributed by atoms with E-state index >= 15 is 0 Å². The van der Waals surface area contributed by atoms with Crippen LogP contribution >= 0.6 is 0 Å². The molecule has 2 heteroatoms. The summed E-state index contributed by atoms with van der Waals surface area (Å²) in [6.07, 6.45) is 1.94. The molecule has 0 saturated carbocycles. The highest BCUT2D eigenvalue weighted by atomic mass is 15.2. The Morgan fingerprint density at radius 3 is 1.65 bits per heavy atom. The molecule has 0 fully saturated rings. The fourth-order valence-electron chi connectivity index (χ4n) is 5.69. The van der Waals surface area contributed by atoms with Crippen LogP contribution in [0.1, 0.15) is 5.56 Å². The number of anilines is 3. The predicted octanol–water partition coefficient (Wildman–Crippen LogP) is 10.5. The molecule has 0 saturated heterocycles. The van der Waals surface area contributed by atoms with Gasteiger partial charge >= 0.3 is 0 Å². The smallest absolute Gasteiger partial charge is 0.137 e. The zero-order valence-corrected chi connectivity index (χ0v) is 22.3. The lowest BCUT2D eigenvalue weighted by atomic mass is 9.89. The molecule has 0 aliphatic carbocycles. The number of aromatic nitrogens is 1. The van der Waals surface area contributed by atoms with Gasteiger partial charge in [0.25, 0.3) is 0 Å². The second-order valence-electron chi connectivity index (χ2n) is 10.1. The molecule has 0 aliphatic rings. The van der Waals surface area contributed by atoms with E-state index in [4.69, 9.17) is 4.98 Å². The second kappa shape index (κ2) is 10.2. The maximum atomic E-state index is 4.90. The van der Waals surface area contributed by atoms with Crippen LogP contribution < -0.4 is 4.90 Å². The summed E-state index contributed by atoms with van der Waals surface area (Å²) in [6, 6.07) is 51.8. The molecule has 0 aliphatic heterocycles. The van der Waals surface area contributed by atoms with Crippen molar-refractivity contribution in [3.05, 3.63) is 157 Å². The molecule has 1 heterocycles. The second-order valence-corrected chi connectivity index (χ2v) is 10.1. The van der Waals surface area contributed by atoms with E-state index in [0.29, 0.717) is 0 Å². The lowest BCUT2D eigenvalue weighted by Gasteiger charge is -2.28. The minimum absolute atomic E-state index is 0.894. The first-order valence-electron chi connectivity index (χ1n) is 13.6. The predicted molar refractivity (Wildman–Crippen MR) is 170 cm³/mol. The average Bonchev–Trinajstić information content (AvgIpc) is 3.03. The Bertz CT molecular complexity index is 1890. The van der Waals surface area contributed by atoms with Gasteiger partial charge in [0.1, 0.15) is 5.82 Å². The molecule has 0 N–H and O–H groups in total. The minimum Gasteiger partial charge on any atom is -0.294 e. The SMILES string of the molecule is Cc1ccc(N(c2ccccc2)c2c3ccccc3c(-c3cccc(-c4ccccc4)c3)c3ccccc23)nc1. The number of pyridine rings is 1. The highest BCUT2D eigenvalue weighted by Crippen LogP contribution is 2.47. The van der Waals surface area contributed by atoms with Crippen LogP contribution in [0.2, 0.25) is 0 Å². The molecule has 7 aromatic rings. The third kappa shape index (κ3) is 4.20. The highest BCUT2D eigenvalue weighted by molar-refractivity contribution is 6.22. The molecule has 0 atom stereocenters. The van der Waals surface area contributed by atoms with E-state index < -0.39 is 0 Å². The molecule has 1 aromatic heterocycles. The van der Waals surface area contributed by atoms with Gasteiger partial charge in [-0.2, -0.15) is 0 Å². The van der Waals surface area contributed by atoms with Crippen LogP contribution in [0.25, 0.3) is 43.8 Å². The molecule has 190 valence electrons. The van der Waals surface area contributed by atoms with Gasteiger partial charge in [-0.25, -0.2) is 4.98 Å². The third-order valence-corrected chi connectivity index (χ3v) is 7.52. The lowest BCUT2D eigenvalue weighted by molar-refractivity contribution is 1.17. The molecule has 0 amide bonds. The summed E-state index contributed by atoms with van der Waals surface area (Å²) in [7, 11) is 0. The third-order valence-electron chi connectivity index (χ3n) is 7.52. The van der Waals surface area contributed by atoms with Crippen LogP contribution in [0.15, 0.2) is 152 Å². The van der Waals surface area contributed by atoms with Crippen molar-refractivity contribution >= 4 is 38.7 Å². The van der Waals surface area contributed by atoms with Crippen molar-refractivity contribution in [3.63, 3.8) is 0 Å². The van der Waals surface area contributed by atoms with Crippen molar-refractivity contribution in [1.82, 2.24) is 4.98 Å². The number of aryl methyl sites for hydroxylation is 1. The van der Waals surface area contributed by atoms with E-state index in [9.17, 15) is 0 Å². The van der Waals surface area contributed by atoms with Crippen molar-refractivity contribution < 1.29 is 0 Å². The molecule has 40 heavy (non-hydrogen) atoms. The van der Waals surface area contributed by atoms with Crippen molar-refractivity contribution in [3.8, 4) is 22.3 Å². The van der Waals surface area contributed by atoms with E-state index in [1.165, 1.54) is 43.8 Å². The van der Waals surface area contributed by atoms with Gasteiger partial charge in [-0.05, 0) is 69.8 Å². The Morgan fingerprint density at radius 1 is 0.475 bits per heavy atom. The monoisotopic (exact) mass is 512 g/mol. The van der Waals surface area contributed by atoms with E-state index in [1.54, 1.807) is 0 Å². The Hall–Kier alpha value is -5.21. The summed E-state index contributed by atoms with van der Waals surface area (Å²) in [4.78, 5) is 7.20. The number of fused-ring (bicyclic) bond motifs is 2. The zero-order chi connectivity index (χ0) is 26.9. The number of hydrogen-bond donors (Lipinski definition) is 0. The number of para-hydroxylation sites is 1. The molecular formula is C38H28N2. The average molecular weight is 513 g/mol. The lowest BCUT2D eigenvalue weighted by Crippen LogP contribution is -2.13. The molecule has 7 rings (SSSR count). The molecule has 0 bridgehead atoms. The van der Waals surface area contributed by atoms with Crippen LogP contribution in [0.4, 0.5) is 17.2 Å². The number of nitrogens with zero attached hydrogens (tertiary/aromatic N) is 2. The molecule has 6 aromatic carbocycles. The number of hydrogen-bond acceptors (Lipinski definition) is 2. The molecular weight excluding hydrogens is 484 g/mol. The van der Waals surface area contributed by atoms with Gasteiger partial charge in [0.05, 0.1) is 5.69 Å². The van der Waals surface area contributed by atoms with Gasteiger partial charge in [0.2, 0.25) is 0 Å². The van der Waals surface area contributed by atoms with Gasteiger partial charge in [-0.1, -0.05) is 121 Å². The summed E-state index contributed by atoms with van der Waals surface area (Å²) >= 11 is 0. The molecule has 2 nitrogen and oxygen atoms in total. The quantitative estimate of drug-likeness (QED) is 0.213. The van der Waals surface area contributed by atoms with Gasteiger partial charge in [0, 0.05) is 22.7 Å². The Kier molecular flexibility index (Phi) is 6.07. The summed E-state index contributed by atoms with van der Waals surface area (Å²) in [5, 5.41) is 4.81. The van der Waals surface area contributed by atoms with Crippen LogP contribution in [0.3, 0.4) is 0 Å². The largest absolute Gasteiger partial charge is 0.294 e. The Morgan fingerprint density at radius 2 is 1.02 bits per heavy atom. The van der Waals surface area contributed by atoms with E-state index in [-0.39, 0.29) is 0 Å². The Balaban J connectivity index is 1.56. The van der Waals surface area contributed by atoms with Crippen molar-refractivity contribution in [1.29, 1.82) is 0 Å². The Labute approximate surface area is 234 Å². The summed E-state index contributed by atoms with van der Waals surface area (Å²) in [6.45, 7) is 2.08. The van der Waals surface area contributed by atoms with E-state index in [0.717, 1.165) is 22.8 Å². The maximum absolute atomic E-state index is 4.90. The maximum Gasteiger partial charge on any atom is 0.137 e. The van der Waals surface area contributed by atoms with Gasteiger partial charge in [0.15, 0.2) is 0 Å². The molecule has 0 spiro atoms. The van der Waals surface area contributed by atoms with E-state index in [1.807, 2.05) is 6.20 Å². The number of benzene rings is 6. The first-order chi connectivity index (χ1) is 19.8. The highest BCUT2D eigenvalue weighted by Gasteiger charge is 2.22. The van der Waals surface area contributed by atoms with Crippen molar-refractivity contribution in [2.45, 2.75) is 6.92 Å². The topological polar surface area (TPSA) is 16.1 Å².